The van der Waals surface area contributed by atoms with E-state index in [0.29, 0.717) is 23.8 Å². The molecule has 2 amide bonds. The molecule has 0 bridgehead atoms. The first-order valence-corrected chi connectivity index (χ1v) is 13.0. The Hall–Kier alpha value is -2.72. The highest BCUT2D eigenvalue weighted by atomic mass is 32.2. The molecule has 36 heavy (non-hydrogen) atoms. The fraction of sp³-hybridized carbons (Fsp3) is 0.593. The van der Waals surface area contributed by atoms with Crippen molar-refractivity contribution in [2.45, 2.75) is 52.4 Å². The number of nitriles is 1. The van der Waals surface area contributed by atoms with E-state index in [9.17, 15) is 14.9 Å². The minimum absolute atomic E-state index is 0.0830. The Morgan fingerprint density at radius 3 is 2.64 bits per heavy atom. The van der Waals surface area contributed by atoms with Crippen LogP contribution in [0.5, 0.6) is 5.75 Å². The summed E-state index contributed by atoms with van der Waals surface area (Å²) >= 11 is 0.933. The maximum absolute atomic E-state index is 12.4. The first-order chi connectivity index (χ1) is 17.1. The largest absolute Gasteiger partial charge is 0.490 e. The SMILES string of the molecule is CC(C)C#CCNC(=O)COCCOC(C)(COc1cccc(C(=O)NCCCC(C)C)c1)SC#N. The molecule has 1 unspecified atom stereocenters. The monoisotopic (exact) mass is 517 g/mol. The number of benzene rings is 1. The van der Waals surface area contributed by atoms with E-state index in [2.05, 4.69) is 36.3 Å². The Labute approximate surface area is 219 Å². The second-order valence-corrected chi connectivity index (χ2v) is 10.3. The van der Waals surface area contributed by atoms with E-state index < -0.39 is 4.93 Å². The van der Waals surface area contributed by atoms with Crippen molar-refractivity contribution in [2.24, 2.45) is 11.8 Å². The van der Waals surface area contributed by atoms with Gasteiger partial charge in [0, 0.05) is 18.0 Å². The number of rotatable bonds is 16. The summed E-state index contributed by atoms with van der Waals surface area (Å²) in [4.78, 5) is 23.2. The van der Waals surface area contributed by atoms with Crippen molar-refractivity contribution in [3.8, 4) is 23.0 Å². The maximum Gasteiger partial charge on any atom is 0.251 e. The van der Waals surface area contributed by atoms with Gasteiger partial charge in [0.15, 0.2) is 4.93 Å². The summed E-state index contributed by atoms with van der Waals surface area (Å²) in [5, 5.41) is 16.8. The molecule has 198 valence electrons. The number of carbonyl (C=O) groups is 2. The highest BCUT2D eigenvalue weighted by Crippen LogP contribution is 2.27. The normalized spacial score (nSPS) is 12.3. The molecule has 0 aliphatic carbocycles. The van der Waals surface area contributed by atoms with Crippen LogP contribution < -0.4 is 15.4 Å². The Bertz CT molecular complexity index is 920. The van der Waals surface area contributed by atoms with Crippen molar-refractivity contribution in [3.63, 3.8) is 0 Å². The maximum atomic E-state index is 12.4. The van der Waals surface area contributed by atoms with Crippen molar-refractivity contribution in [1.82, 2.24) is 10.6 Å². The zero-order valence-electron chi connectivity index (χ0n) is 22.0. The summed E-state index contributed by atoms with van der Waals surface area (Å²) in [6.45, 7) is 11.3. The minimum atomic E-state index is -0.956. The van der Waals surface area contributed by atoms with Gasteiger partial charge < -0.3 is 24.8 Å². The average molecular weight is 518 g/mol. The lowest BCUT2D eigenvalue weighted by molar-refractivity contribution is -0.126. The van der Waals surface area contributed by atoms with Gasteiger partial charge in [0.25, 0.3) is 5.91 Å². The van der Waals surface area contributed by atoms with Gasteiger partial charge >= 0.3 is 0 Å². The van der Waals surface area contributed by atoms with Crippen LogP contribution in [0.3, 0.4) is 0 Å². The van der Waals surface area contributed by atoms with Gasteiger partial charge in [-0.1, -0.05) is 45.6 Å². The number of nitrogens with zero attached hydrogens (tertiary/aromatic N) is 1. The van der Waals surface area contributed by atoms with Gasteiger partial charge in [0.1, 0.15) is 24.4 Å². The minimum Gasteiger partial charge on any atom is -0.490 e. The topological polar surface area (TPSA) is 110 Å². The number of carbonyl (C=O) groups excluding carboxylic acids is 2. The van der Waals surface area contributed by atoms with Gasteiger partial charge in [-0.05, 0) is 55.6 Å². The Kier molecular flexibility index (Phi) is 15.4. The van der Waals surface area contributed by atoms with Crippen LogP contribution in [0.1, 0.15) is 57.8 Å². The van der Waals surface area contributed by atoms with Gasteiger partial charge in [-0.15, -0.1) is 0 Å². The molecule has 0 heterocycles. The summed E-state index contributed by atoms with van der Waals surface area (Å²) < 4.78 is 17.0. The highest BCUT2D eigenvalue weighted by molar-refractivity contribution is 8.04. The molecule has 0 fully saturated rings. The van der Waals surface area contributed by atoms with Gasteiger partial charge in [0.05, 0.1) is 19.8 Å². The molecule has 1 aromatic rings. The van der Waals surface area contributed by atoms with E-state index >= 15 is 0 Å². The van der Waals surface area contributed by atoms with Gasteiger partial charge in [0.2, 0.25) is 5.91 Å². The molecule has 0 aliphatic rings. The van der Waals surface area contributed by atoms with Crippen LogP contribution in [0.25, 0.3) is 0 Å². The number of nitrogens with one attached hydrogen (secondary N) is 2. The number of hydrogen-bond acceptors (Lipinski definition) is 7. The van der Waals surface area contributed by atoms with Crippen LogP contribution in [-0.4, -0.2) is 56.3 Å². The lowest BCUT2D eigenvalue weighted by atomic mass is 10.1. The molecule has 0 saturated heterocycles. The number of hydrogen-bond donors (Lipinski definition) is 2. The van der Waals surface area contributed by atoms with Gasteiger partial charge in [-0.2, -0.15) is 5.26 Å². The van der Waals surface area contributed by atoms with Crippen molar-refractivity contribution in [3.05, 3.63) is 29.8 Å². The fourth-order valence-electron chi connectivity index (χ4n) is 2.88. The van der Waals surface area contributed by atoms with Crippen LogP contribution in [0, 0.1) is 34.3 Å². The first-order valence-electron chi connectivity index (χ1n) is 12.2. The number of amides is 2. The Morgan fingerprint density at radius 1 is 1.17 bits per heavy atom. The summed E-state index contributed by atoms with van der Waals surface area (Å²) in [6.07, 6.45) is 1.99. The van der Waals surface area contributed by atoms with Crippen LogP contribution in [0.4, 0.5) is 0 Å². The van der Waals surface area contributed by atoms with Crippen molar-refractivity contribution in [1.29, 1.82) is 5.26 Å². The third kappa shape index (κ3) is 14.6. The van der Waals surface area contributed by atoms with Gasteiger partial charge in [-0.25, -0.2) is 0 Å². The lowest BCUT2D eigenvalue weighted by Crippen LogP contribution is -2.34. The summed E-state index contributed by atoms with van der Waals surface area (Å²) in [6, 6.07) is 6.90. The van der Waals surface area contributed by atoms with E-state index in [0.717, 1.165) is 24.6 Å². The van der Waals surface area contributed by atoms with E-state index in [-0.39, 0.29) is 50.7 Å². The van der Waals surface area contributed by atoms with Gasteiger partial charge in [-0.3, -0.25) is 9.59 Å². The van der Waals surface area contributed by atoms with E-state index in [4.69, 9.17) is 14.2 Å². The second kappa shape index (κ2) is 17.7. The predicted molar refractivity (Wildman–Crippen MR) is 142 cm³/mol. The smallest absolute Gasteiger partial charge is 0.251 e. The second-order valence-electron chi connectivity index (χ2n) is 9.09. The van der Waals surface area contributed by atoms with Crippen LogP contribution in [0.2, 0.25) is 0 Å². The summed E-state index contributed by atoms with van der Waals surface area (Å²) in [7, 11) is 0. The van der Waals surface area contributed by atoms with E-state index in [1.54, 1.807) is 31.2 Å². The summed E-state index contributed by atoms with van der Waals surface area (Å²) in [5.41, 5.74) is 0.509. The lowest BCUT2D eigenvalue weighted by Gasteiger charge is -2.26. The number of thioether (sulfide) groups is 1. The van der Waals surface area contributed by atoms with Crippen LogP contribution >= 0.6 is 11.8 Å². The molecule has 0 radical (unpaired) electrons. The standard InChI is InChI=1S/C27H39N3O5S/c1-21(2)9-7-13-29-25(31)18-33-15-16-35-27(5,36-20-28)19-34-24-12-6-11-23(17-24)26(32)30-14-8-10-22(3)4/h6,11-12,17,21-22H,8,10,13-16,18-19H2,1-5H3,(H,29,31)(H,30,32). The quantitative estimate of drug-likeness (QED) is 0.148. The van der Waals surface area contributed by atoms with E-state index in [1.165, 1.54) is 0 Å². The molecule has 8 nitrogen and oxygen atoms in total. The predicted octanol–water partition coefficient (Wildman–Crippen LogP) is 3.97. The third-order valence-electron chi connectivity index (χ3n) is 4.74. The molecule has 1 aromatic carbocycles. The highest BCUT2D eigenvalue weighted by Gasteiger charge is 2.28. The van der Waals surface area contributed by atoms with Crippen LogP contribution in [0.15, 0.2) is 24.3 Å². The molecule has 0 spiro atoms. The first kappa shape index (κ1) is 31.3. The third-order valence-corrected chi connectivity index (χ3v) is 5.49. The average Bonchev–Trinajstić information content (AvgIpc) is 2.83. The molecule has 1 atom stereocenters. The zero-order chi connectivity index (χ0) is 26.8. The van der Waals surface area contributed by atoms with Crippen molar-refractivity contribution >= 4 is 23.6 Å². The number of ether oxygens (including phenoxy) is 3. The van der Waals surface area contributed by atoms with Crippen molar-refractivity contribution < 1.29 is 23.8 Å². The molecule has 0 aliphatic heterocycles. The van der Waals surface area contributed by atoms with E-state index in [1.807, 2.05) is 19.2 Å². The molecule has 2 N–H and O–H groups in total. The molecule has 0 saturated carbocycles. The summed E-state index contributed by atoms with van der Waals surface area (Å²) in [5.74, 6) is 6.80. The van der Waals surface area contributed by atoms with Crippen LogP contribution in [-0.2, 0) is 14.3 Å². The molecular weight excluding hydrogens is 478 g/mol. The Balaban J connectivity index is 2.44. The molecule has 1 rings (SSSR count). The molecule has 9 heteroatoms. The Morgan fingerprint density at radius 2 is 1.94 bits per heavy atom. The zero-order valence-corrected chi connectivity index (χ0v) is 22.8. The fourth-order valence-corrected chi connectivity index (χ4v) is 3.34. The molecule has 0 aromatic heterocycles. The molecular formula is C27H39N3O5S. The number of thiocyanates is 1. The van der Waals surface area contributed by atoms with Crippen molar-refractivity contribution in [2.75, 3.05) is 39.5 Å².